The van der Waals surface area contributed by atoms with E-state index in [1.165, 1.54) is 11.1 Å². The zero-order valence-electron chi connectivity index (χ0n) is 14.1. The van der Waals surface area contributed by atoms with Crippen molar-refractivity contribution in [1.29, 1.82) is 0 Å². The van der Waals surface area contributed by atoms with Crippen LogP contribution in [-0.2, 0) is 20.7 Å². The third-order valence-electron chi connectivity index (χ3n) is 3.70. The van der Waals surface area contributed by atoms with Crippen molar-refractivity contribution in [3.63, 3.8) is 0 Å². The van der Waals surface area contributed by atoms with Gasteiger partial charge in [0, 0.05) is 0 Å². The zero-order valence-corrected chi connectivity index (χ0v) is 14.1. The number of fused-ring (bicyclic) bond motifs is 1. The van der Waals surface area contributed by atoms with Gasteiger partial charge in [0.2, 0.25) is 0 Å². The highest BCUT2D eigenvalue weighted by atomic mass is 16.6. The van der Waals surface area contributed by atoms with Crippen LogP contribution in [0.15, 0.2) is 24.3 Å². The maximum atomic E-state index is 11.9. The van der Waals surface area contributed by atoms with Crippen molar-refractivity contribution in [2.45, 2.75) is 51.6 Å². The van der Waals surface area contributed by atoms with Crippen LogP contribution in [0, 0.1) is 0 Å². The van der Waals surface area contributed by atoms with Crippen LogP contribution in [0.25, 0.3) is 0 Å². The first kappa shape index (κ1) is 17.3. The minimum atomic E-state index is -0.531. The zero-order chi connectivity index (χ0) is 16.9. The Morgan fingerprint density at radius 2 is 2.00 bits per heavy atom. The molecule has 1 aliphatic rings. The molecule has 5 nitrogen and oxygen atoms in total. The lowest BCUT2D eigenvalue weighted by Gasteiger charge is -2.19. The average Bonchev–Trinajstić information content (AvgIpc) is 2.85. The van der Waals surface area contributed by atoms with Crippen LogP contribution >= 0.6 is 0 Å². The fourth-order valence-electron chi connectivity index (χ4n) is 2.75. The number of benzene rings is 1. The van der Waals surface area contributed by atoms with E-state index in [2.05, 4.69) is 17.4 Å². The van der Waals surface area contributed by atoms with Gasteiger partial charge in [-0.3, -0.25) is 4.79 Å². The van der Waals surface area contributed by atoms with Gasteiger partial charge in [-0.25, -0.2) is 4.79 Å². The number of aryl methyl sites for hydroxylation is 1. The minimum Gasteiger partial charge on any atom is -0.464 e. The highest BCUT2D eigenvalue weighted by Gasteiger charge is 2.24. The van der Waals surface area contributed by atoms with Gasteiger partial charge in [-0.15, -0.1) is 0 Å². The lowest BCUT2D eigenvalue weighted by Crippen LogP contribution is -2.34. The van der Waals surface area contributed by atoms with Gasteiger partial charge in [0.05, 0.1) is 13.0 Å². The molecule has 0 aliphatic heterocycles. The van der Waals surface area contributed by atoms with Gasteiger partial charge in [0.15, 0.2) is 0 Å². The van der Waals surface area contributed by atoms with E-state index in [-0.39, 0.29) is 25.0 Å². The SMILES string of the molecule is CC(C)(C)OC(=O)NCCOC(=O)CC1CCc2ccccc21. The molecule has 1 amide bonds. The third kappa shape index (κ3) is 5.58. The van der Waals surface area contributed by atoms with Gasteiger partial charge in [-0.2, -0.15) is 0 Å². The van der Waals surface area contributed by atoms with Gasteiger partial charge in [0.25, 0.3) is 0 Å². The smallest absolute Gasteiger partial charge is 0.407 e. The van der Waals surface area contributed by atoms with Gasteiger partial charge in [0.1, 0.15) is 12.2 Å². The molecule has 1 aliphatic carbocycles. The van der Waals surface area contributed by atoms with Crippen molar-refractivity contribution in [1.82, 2.24) is 5.32 Å². The first-order valence-electron chi connectivity index (χ1n) is 8.05. The molecule has 0 fully saturated rings. The van der Waals surface area contributed by atoms with Gasteiger partial charge in [-0.1, -0.05) is 24.3 Å². The van der Waals surface area contributed by atoms with Crippen molar-refractivity contribution < 1.29 is 19.1 Å². The van der Waals surface area contributed by atoms with Crippen molar-refractivity contribution in [3.05, 3.63) is 35.4 Å². The maximum absolute atomic E-state index is 11.9. The molecule has 23 heavy (non-hydrogen) atoms. The lowest BCUT2D eigenvalue weighted by atomic mass is 9.98. The van der Waals surface area contributed by atoms with E-state index < -0.39 is 11.7 Å². The molecule has 126 valence electrons. The standard InChI is InChI=1S/C18H25NO4/c1-18(2,3)23-17(21)19-10-11-22-16(20)12-14-9-8-13-6-4-5-7-15(13)14/h4-7,14H,8-12H2,1-3H3,(H,19,21). The second kappa shape index (κ2) is 7.49. The number of ether oxygens (including phenoxy) is 2. The van der Waals surface area contributed by atoms with E-state index in [1.807, 2.05) is 12.1 Å². The fraction of sp³-hybridized carbons (Fsp3) is 0.556. The second-order valence-corrected chi connectivity index (χ2v) is 6.79. The van der Waals surface area contributed by atoms with Crippen LogP contribution in [0.5, 0.6) is 0 Å². The number of rotatable bonds is 5. The lowest BCUT2D eigenvalue weighted by molar-refractivity contribution is -0.144. The number of carbonyl (C=O) groups excluding carboxylic acids is 2. The summed E-state index contributed by atoms with van der Waals surface area (Å²) >= 11 is 0. The van der Waals surface area contributed by atoms with E-state index in [9.17, 15) is 9.59 Å². The summed E-state index contributed by atoms with van der Waals surface area (Å²) in [5.74, 6) is 0.0233. The number of alkyl carbamates (subject to hydrolysis) is 1. The molecular formula is C18H25NO4. The summed E-state index contributed by atoms with van der Waals surface area (Å²) in [4.78, 5) is 23.4. The topological polar surface area (TPSA) is 64.6 Å². The predicted octanol–water partition coefficient (Wildman–Crippen LogP) is 3.17. The molecule has 2 rings (SSSR count). The quantitative estimate of drug-likeness (QED) is 0.669. The normalized spacial score (nSPS) is 16.6. The number of hydrogen-bond donors (Lipinski definition) is 1. The van der Waals surface area contributed by atoms with E-state index in [0.29, 0.717) is 6.42 Å². The van der Waals surface area contributed by atoms with Crippen LogP contribution in [0.3, 0.4) is 0 Å². The fourth-order valence-corrected chi connectivity index (χ4v) is 2.75. The largest absolute Gasteiger partial charge is 0.464 e. The Morgan fingerprint density at radius 1 is 1.26 bits per heavy atom. The van der Waals surface area contributed by atoms with Crippen LogP contribution in [-0.4, -0.2) is 30.8 Å². The Bertz CT molecular complexity index is 562. The van der Waals surface area contributed by atoms with Gasteiger partial charge >= 0.3 is 12.1 Å². The molecule has 1 aromatic carbocycles. The average molecular weight is 319 g/mol. The molecule has 5 heteroatoms. The van der Waals surface area contributed by atoms with Gasteiger partial charge in [-0.05, 0) is 50.7 Å². The Kier molecular flexibility index (Phi) is 5.64. The molecule has 0 radical (unpaired) electrons. The van der Waals surface area contributed by atoms with E-state index >= 15 is 0 Å². The summed E-state index contributed by atoms with van der Waals surface area (Å²) in [6.07, 6.45) is 1.90. The summed E-state index contributed by atoms with van der Waals surface area (Å²) in [6, 6.07) is 8.24. The number of nitrogens with one attached hydrogen (secondary N) is 1. The summed E-state index contributed by atoms with van der Waals surface area (Å²) in [5, 5.41) is 2.57. The predicted molar refractivity (Wildman–Crippen MR) is 87.3 cm³/mol. The van der Waals surface area contributed by atoms with Crippen LogP contribution < -0.4 is 5.32 Å². The summed E-state index contributed by atoms with van der Waals surface area (Å²) in [6.45, 7) is 5.80. The Hall–Kier alpha value is -2.04. The highest BCUT2D eigenvalue weighted by Crippen LogP contribution is 2.35. The Labute approximate surface area is 137 Å². The molecule has 1 aromatic rings. The molecule has 0 heterocycles. The summed E-state index contributed by atoms with van der Waals surface area (Å²) < 4.78 is 10.3. The third-order valence-corrected chi connectivity index (χ3v) is 3.70. The number of hydrogen-bond acceptors (Lipinski definition) is 4. The molecule has 0 aromatic heterocycles. The maximum Gasteiger partial charge on any atom is 0.407 e. The molecule has 1 atom stereocenters. The van der Waals surface area contributed by atoms with Crippen molar-refractivity contribution in [3.8, 4) is 0 Å². The summed E-state index contributed by atoms with van der Waals surface area (Å²) in [5.41, 5.74) is 2.06. The molecule has 0 bridgehead atoms. The van der Waals surface area contributed by atoms with Gasteiger partial charge < -0.3 is 14.8 Å². The van der Waals surface area contributed by atoms with E-state index in [4.69, 9.17) is 9.47 Å². The molecule has 1 unspecified atom stereocenters. The molecule has 1 N–H and O–H groups in total. The highest BCUT2D eigenvalue weighted by molar-refractivity contribution is 5.71. The van der Waals surface area contributed by atoms with Crippen LogP contribution in [0.1, 0.15) is 50.7 Å². The number of carbonyl (C=O) groups is 2. The minimum absolute atomic E-state index is 0.159. The Balaban J connectivity index is 1.66. The van der Waals surface area contributed by atoms with E-state index in [1.54, 1.807) is 20.8 Å². The monoisotopic (exact) mass is 319 g/mol. The van der Waals surface area contributed by atoms with Crippen LogP contribution in [0.2, 0.25) is 0 Å². The first-order valence-corrected chi connectivity index (χ1v) is 8.05. The first-order chi connectivity index (χ1) is 10.8. The number of amides is 1. The van der Waals surface area contributed by atoms with Crippen molar-refractivity contribution in [2.24, 2.45) is 0 Å². The Morgan fingerprint density at radius 3 is 2.74 bits per heavy atom. The second-order valence-electron chi connectivity index (χ2n) is 6.79. The molecular weight excluding hydrogens is 294 g/mol. The molecule has 0 spiro atoms. The summed E-state index contributed by atoms with van der Waals surface area (Å²) in [7, 11) is 0. The number of esters is 1. The van der Waals surface area contributed by atoms with Crippen LogP contribution in [0.4, 0.5) is 4.79 Å². The van der Waals surface area contributed by atoms with E-state index in [0.717, 1.165) is 12.8 Å². The van der Waals surface area contributed by atoms with Crippen molar-refractivity contribution >= 4 is 12.1 Å². The molecule has 0 saturated heterocycles. The van der Waals surface area contributed by atoms with Crippen molar-refractivity contribution in [2.75, 3.05) is 13.2 Å². The molecule has 0 saturated carbocycles.